The van der Waals surface area contributed by atoms with Crippen LogP contribution in [-0.2, 0) is 15.5 Å². The highest BCUT2D eigenvalue weighted by Crippen LogP contribution is 2.47. The number of hydrogen-bond acceptors (Lipinski definition) is 3. The number of rotatable bonds is 6. The zero-order chi connectivity index (χ0) is 15.3. The monoisotopic (exact) mass is 305 g/mol. The molecule has 21 heavy (non-hydrogen) atoms. The number of aliphatic carboxylic acids is 1. The molecule has 0 bridgehead atoms. The summed E-state index contributed by atoms with van der Waals surface area (Å²) in [6, 6.07) is 13.6. The first-order valence-electron chi connectivity index (χ1n) is 6.46. The summed E-state index contributed by atoms with van der Waals surface area (Å²) in [7, 11) is -3.63. The van der Waals surface area contributed by atoms with Gasteiger partial charge in [-0.25, -0.2) is 0 Å². The van der Waals surface area contributed by atoms with Crippen molar-refractivity contribution in [3.63, 3.8) is 0 Å². The van der Waals surface area contributed by atoms with E-state index in [1.165, 1.54) is 0 Å². The Morgan fingerprint density at radius 2 is 1.81 bits per heavy atom. The predicted molar refractivity (Wildman–Crippen MR) is 79.5 cm³/mol. The van der Waals surface area contributed by atoms with Crippen LogP contribution >= 0.6 is 7.37 Å². The third-order valence-electron chi connectivity index (χ3n) is 3.10. The third-order valence-corrected chi connectivity index (χ3v) is 4.86. The molecule has 5 nitrogen and oxygen atoms in total. The van der Waals surface area contributed by atoms with Crippen LogP contribution in [0.2, 0.25) is 0 Å². The molecule has 0 amide bonds. The fourth-order valence-electron chi connectivity index (χ4n) is 2.11. The largest absolute Gasteiger partial charge is 0.481 e. The van der Waals surface area contributed by atoms with E-state index in [2.05, 4.69) is 4.98 Å². The molecule has 2 N–H and O–H groups in total. The number of nitrogens with zero attached hydrogens (tertiary/aromatic N) is 1. The average Bonchev–Trinajstić information content (AvgIpc) is 2.46. The lowest BCUT2D eigenvalue weighted by Gasteiger charge is -2.17. The molecule has 2 atom stereocenters. The first-order chi connectivity index (χ1) is 9.98. The van der Waals surface area contributed by atoms with E-state index in [1.807, 2.05) is 0 Å². The molecule has 1 aromatic carbocycles. The fourth-order valence-corrected chi connectivity index (χ4v) is 3.87. The maximum absolute atomic E-state index is 12.3. The summed E-state index contributed by atoms with van der Waals surface area (Å²) in [4.78, 5) is 25.5. The van der Waals surface area contributed by atoms with Gasteiger partial charge in [-0.2, -0.15) is 0 Å². The third kappa shape index (κ3) is 4.52. The van der Waals surface area contributed by atoms with Crippen molar-refractivity contribution in [3.8, 4) is 0 Å². The Morgan fingerprint density at radius 3 is 2.38 bits per heavy atom. The second-order valence-electron chi connectivity index (χ2n) is 4.81. The average molecular weight is 305 g/mol. The molecule has 110 valence electrons. The maximum Gasteiger partial charge on any atom is 0.311 e. The normalized spacial score (nSPS) is 15.1. The van der Waals surface area contributed by atoms with Gasteiger partial charge < -0.3 is 10.00 Å². The van der Waals surface area contributed by atoms with Gasteiger partial charge in [-0.3, -0.25) is 14.3 Å². The molecule has 1 heterocycles. The first kappa shape index (κ1) is 15.4. The number of carboxylic acid groups (broad SMARTS) is 1. The van der Waals surface area contributed by atoms with E-state index in [-0.39, 0.29) is 12.3 Å². The maximum atomic E-state index is 12.3. The van der Waals surface area contributed by atoms with Crippen LogP contribution in [0.15, 0.2) is 54.7 Å². The summed E-state index contributed by atoms with van der Waals surface area (Å²) in [6.45, 7) is 0. The van der Waals surface area contributed by atoms with Crippen molar-refractivity contribution in [2.75, 3.05) is 6.16 Å². The van der Waals surface area contributed by atoms with Gasteiger partial charge >= 0.3 is 5.97 Å². The summed E-state index contributed by atoms with van der Waals surface area (Å²) in [5, 5.41) is 9.31. The standard InChI is InChI=1S/C15H16NO4P/c17-15(18)14(12-6-2-1-3-7-12)11-21(19,20)10-13-8-4-5-9-16-13/h1-9,14H,10-11H2,(H,17,18)(H,19,20). The van der Waals surface area contributed by atoms with Gasteiger partial charge in [0.25, 0.3) is 0 Å². The van der Waals surface area contributed by atoms with Gasteiger partial charge in [-0.1, -0.05) is 36.4 Å². The Balaban J connectivity index is 2.16. The van der Waals surface area contributed by atoms with Crippen molar-refractivity contribution < 1.29 is 19.4 Å². The minimum atomic E-state index is -3.63. The highest BCUT2D eigenvalue weighted by molar-refractivity contribution is 7.57. The van der Waals surface area contributed by atoms with Gasteiger partial charge in [0, 0.05) is 18.1 Å². The summed E-state index contributed by atoms with van der Waals surface area (Å²) in [5.74, 6) is -2.10. The lowest BCUT2D eigenvalue weighted by Crippen LogP contribution is -2.16. The minimum absolute atomic E-state index is 0.121. The van der Waals surface area contributed by atoms with Gasteiger partial charge in [-0.15, -0.1) is 0 Å². The molecule has 2 aromatic rings. The zero-order valence-electron chi connectivity index (χ0n) is 11.3. The first-order valence-corrected chi connectivity index (χ1v) is 8.49. The van der Waals surface area contributed by atoms with E-state index in [0.717, 1.165) is 0 Å². The summed E-state index contributed by atoms with van der Waals surface area (Å²) < 4.78 is 12.3. The number of hydrogen-bond donors (Lipinski definition) is 2. The molecular formula is C15H16NO4P. The molecule has 0 spiro atoms. The van der Waals surface area contributed by atoms with Crippen LogP contribution < -0.4 is 0 Å². The number of carboxylic acids is 1. The van der Waals surface area contributed by atoms with Crippen molar-refractivity contribution in [3.05, 3.63) is 66.0 Å². The minimum Gasteiger partial charge on any atom is -0.481 e. The molecule has 0 radical (unpaired) electrons. The lowest BCUT2D eigenvalue weighted by molar-refractivity contribution is -0.138. The molecule has 0 aliphatic heterocycles. The highest BCUT2D eigenvalue weighted by atomic mass is 31.2. The molecule has 0 saturated carbocycles. The van der Waals surface area contributed by atoms with Gasteiger partial charge in [0.2, 0.25) is 7.37 Å². The molecule has 1 aromatic heterocycles. The Bertz CT molecular complexity index is 645. The van der Waals surface area contributed by atoms with Gasteiger partial charge in [-0.05, 0) is 17.7 Å². The van der Waals surface area contributed by atoms with E-state index < -0.39 is 19.3 Å². The second-order valence-corrected chi connectivity index (χ2v) is 7.18. The predicted octanol–water partition coefficient (Wildman–Crippen LogP) is 2.72. The van der Waals surface area contributed by atoms with E-state index in [1.54, 1.807) is 54.7 Å². The molecule has 2 unspecified atom stereocenters. The van der Waals surface area contributed by atoms with Gasteiger partial charge in [0.05, 0.1) is 12.1 Å². The van der Waals surface area contributed by atoms with Gasteiger partial charge in [0.15, 0.2) is 0 Å². The zero-order valence-corrected chi connectivity index (χ0v) is 12.2. The SMILES string of the molecule is O=C(O)C(CP(=O)(O)Cc1ccccn1)c1ccccc1. The van der Waals surface area contributed by atoms with Crippen LogP contribution in [0.5, 0.6) is 0 Å². The molecule has 0 aliphatic carbocycles. The lowest BCUT2D eigenvalue weighted by atomic mass is 10.0. The van der Waals surface area contributed by atoms with Crippen molar-refractivity contribution in [2.24, 2.45) is 0 Å². The number of pyridine rings is 1. The Morgan fingerprint density at radius 1 is 1.14 bits per heavy atom. The molecular weight excluding hydrogens is 289 g/mol. The molecule has 0 saturated heterocycles. The van der Waals surface area contributed by atoms with Crippen LogP contribution in [0.4, 0.5) is 0 Å². The van der Waals surface area contributed by atoms with Crippen LogP contribution in [0, 0.1) is 0 Å². The van der Waals surface area contributed by atoms with E-state index in [0.29, 0.717) is 11.3 Å². The van der Waals surface area contributed by atoms with E-state index >= 15 is 0 Å². The number of benzene rings is 1. The number of carbonyl (C=O) groups is 1. The van der Waals surface area contributed by atoms with Gasteiger partial charge in [0.1, 0.15) is 0 Å². The van der Waals surface area contributed by atoms with Crippen molar-refractivity contribution in [1.82, 2.24) is 4.98 Å². The van der Waals surface area contributed by atoms with Crippen LogP contribution in [0.3, 0.4) is 0 Å². The quantitative estimate of drug-likeness (QED) is 0.801. The smallest absolute Gasteiger partial charge is 0.311 e. The topological polar surface area (TPSA) is 87.5 Å². The Kier molecular flexibility index (Phi) is 4.89. The van der Waals surface area contributed by atoms with E-state index in [9.17, 15) is 19.4 Å². The summed E-state index contributed by atoms with van der Waals surface area (Å²) >= 11 is 0. The van der Waals surface area contributed by atoms with Crippen LogP contribution in [0.25, 0.3) is 0 Å². The fraction of sp³-hybridized carbons (Fsp3) is 0.200. The Labute approximate surface area is 122 Å². The molecule has 0 aliphatic rings. The van der Waals surface area contributed by atoms with Crippen molar-refractivity contribution in [1.29, 1.82) is 0 Å². The van der Waals surface area contributed by atoms with Crippen molar-refractivity contribution in [2.45, 2.75) is 12.1 Å². The summed E-state index contributed by atoms with van der Waals surface area (Å²) in [5.41, 5.74) is 1.01. The van der Waals surface area contributed by atoms with Crippen molar-refractivity contribution >= 4 is 13.3 Å². The number of aromatic nitrogens is 1. The van der Waals surface area contributed by atoms with E-state index in [4.69, 9.17) is 0 Å². The second kappa shape index (κ2) is 6.66. The Hall–Kier alpha value is -1.97. The van der Waals surface area contributed by atoms with Crippen LogP contribution in [-0.4, -0.2) is 27.1 Å². The molecule has 0 fully saturated rings. The summed E-state index contributed by atoms with van der Waals surface area (Å²) in [6.07, 6.45) is 1.12. The molecule has 2 rings (SSSR count). The highest BCUT2D eigenvalue weighted by Gasteiger charge is 2.30. The molecule has 6 heteroatoms. The van der Waals surface area contributed by atoms with Crippen LogP contribution in [0.1, 0.15) is 17.2 Å².